The molecule has 1 N–H and O–H groups in total. The molecular formula is C25H29N3O4S. The van der Waals surface area contributed by atoms with Crippen LogP contribution in [0.15, 0.2) is 53.6 Å². The number of amides is 2. The van der Waals surface area contributed by atoms with E-state index in [9.17, 15) is 9.59 Å². The summed E-state index contributed by atoms with van der Waals surface area (Å²) in [7, 11) is 3.13. The van der Waals surface area contributed by atoms with E-state index in [0.717, 1.165) is 41.7 Å². The van der Waals surface area contributed by atoms with Crippen LogP contribution in [0.5, 0.6) is 11.5 Å². The van der Waals surface area contributed by atoms with Crippen LogP contribution >= 0.6 is 11.8 Å². The van der Waals surface area contributed by atoms with Gasteiger partial charge in [0.05, 0.1) is 20.0 Å². The molecule has 0 aliphatic carbocycles. The number of hydrogen-bond acceptors (Lipinski definition) is 5. The third-order valence-corrected chi connectivity index (χ3v) is 6.84. The molecule has 0 atom stereocenters. The number of benzene rings is 2. The van der Waals surface area contributed by atoms with E-state index in [0.29, 0.717) is 23.7 Å². The number of ether oxygens (including phenoxy) is 2. The Bertz CT molecular complexity index is 1140. The largest absolute Gasteiger partial charge is 0.493 e. The lowest BCUT2D eigenvalue weighted by Gasteiger charge is -2.27. The van der Waals surface area contributed by atoms with E-state index in [1.165, 1.54) is 18.2 Å². The zero-order chi connectivity index (χ0) is 23.2. The summed E-state index contributed by atoms with van der Waals surface area (Å²) < 4.78 is 12.5. The van der Waals surface area contributed by atoms with Crippen molar-refractivity contribution in [3.8, 4) is 11.5 Å². The monoisotopic (exact) mass is 467 g/mol. The van der Waals surface area contributed by atoms with Gasteiger partial charge in [0.2, 0.25) is 11.8 Å². The van der Waals surface area contributed by atoms with Gasteiger partial charge >= 0.3 is 0 Å². The number of nitrogens with zero attached hydrogens (tertiary/aromatic N) is 2. The minimum atomic E-state index is -0.117. The number of para-hydroxylation sites is 1. The summed E-state index contributed by atoms with van der Waals surface area (Å²) in [6.07, 6.45) is 5.34. The highest BCUT2D eigenvalue weighted by atomic mass is 32.2. The van der Waals surface area contributed by atoms with Crippen LogP contribution in [0, 0.1) is 0 Å². The maximum Gasteiger partial charge on any atom is 0.242 e. The fourth-order valence-corrected chi connectivity index (χ4v) is 4.99. The first kappa shape index (κ1) is 23.0. The number of fused-ring (bicyclic) bond motifs is 1. The summed E-state index contributed by atoms with van der Waals surface area (Å²) in [4.78, 5) is 28.3. The number of piperidine rings is 1. The van der Waals surface area contributed by atoms with Crippen molar-refractivity contribution in [3.05, 3.63) is 48.7 Å². The Morgan fingerprint density at radius 1 is 1.00 bits per heavy atom. The average molecular weight is 468 g/mol. The summed E-state index contributed by atoms with van der Waals surface area (Å²) in [5.41, 5.74) is 1.65. The molecule has 1 aliphatic heterocycles. The third kappa shape index (κ3) is 5.45. The number of hydrogen-bond donors (Lipinski definition) is 1. The van der Waals surface area contributed by atoms with E-state index < -0.39 is 0 Å². The second-order valence-corrected chi connectivity index (χ2v) is 9.00. The summed E-state index contributed by atoms with van der Waals surface area (Å²) in [5, 5.41) is 3.95. The first-order chi connectivity index (χ1) is 16.1. The SMILES string of the molecule is COc1ccc(NC(=O)CSc2cn(CC(=O)N3CCCCC3)c3ccccc23)cc1OC. The van der Waals surface area contributed by atoms with Crippen LogP contribution in [0.1, 0.15) is 19.3 Å². The van der Waals surface area contributed by atoms with Crippen molar-refractivity contribution >= 4 is 40.2 Å². The van der Waals surface area contributed by atoms with Gasteiger partial charge in [-0.05, 0) is 37.5 Å². The van der Waals surface area contributed by atoms with Gasteiger partial charge in [-0.3, -0.25) is 9.59 Å². The van der Waals surface area contributed by atoms with Crippen LogP contribution in [0.2, 0.25) is 0 Å². The maximum absolute atomic E-state index is 12.8. The van der Waals surface area contributed by atoms with E-state index in [4.69, 9.17) is 9.47 Å². The molecule has 0 unspecified atom stereocenters. The maximum atomic E-state index is 12.8. The molecule has 0 spiro atoms. The molecule has 33 heavy (non-hydrogen) atoms. The second kappa shape index (κ2) is 10.7. The molecule has 1 fully saturated rings. The molecule has 2 heterocycles. The number of likely N-dealkylation sites (tertiary alicyclic amines) is 1. The Morgan fingerprint density at radius 3 is 2.52 bits per heavy atom. The van der Waals surface area contributed by atoms with Crippen molar-refractivity contribution in [2.75, 3.05) is 38.4 Å². The van der Waals surface area contributed by atoms with Crippen molar-refractivity contribution in [2.45, 2.75) is 30.7 Å². The van der Waals surface area contributed by atoms with Gasteiger partial charge in [-0.25, -0.2) is 0 Å². The zero-order valence-corrected chi connectivity index (χ0v) is 19.8. The van der Waals surface area contributed by atoms with Crippen molar-refractivity contribution in [1.82, 2.24) is 9.47 Å². The normalized spacial score (nSPS) is 13.7. The Balaban J connectivity index is 1.43. The van der Waals surface area contributed by atoms with Gasteiger partial charge in [0, 0.05) is 46.8 Å². The smallest absolute Gasteiger partial charge is 0.242 e. The van der Waals surface area contributed by atoms with Crippen LogP contribution in [0.25, 0.3) is 10.9 Å². The molecule has 1 aromatic heterocycles. The minimum Gasteiger partial charge on any atom is -0.493 e. The highest BCUT2D eigenvalue weighted by Crippen LogP contribution is 2.32. The van der Waals surface area contributed by atoms with Crippen molar-refractivity contribution in [2.24, 2.45) is 0 Å². The average Bonchev–Trinajstić information content (AvgIpc) is 3.20. The van der Waals surface area contributed by atoms with Crippen LogP contribution in [0.3, 0.4) is 0 Å². The van der Waals surface area contributed by atoms with E-state index in [1.807, 2.05) is 39.9 Å². The number of anilines is 1. The molecule has 7 nitrogen and oxygen atoms in total. The van der Waals surface area contributed by atoms with E-state index in [1.54, 1.807) is 32.4 Å². The van der Waals surface area contributed by atoms with E-state index in [2.05, 4.69) is 5.32 Å². The van der Waals surface area contributed by atoms with Crippen molar-refractivity contribution < 1.29 is 19.1 Å². The van der Waals surface area contributed by atoms with Crippen LogP contribution in [0.4, 0.5) is 5.69 Å². The molecule has 2 amide bonds. The predicted molar refractivity (Wildman–Crippen MR) is 131 cm³/mol. The van der Waals surface area contributed by atoms with Gasteiger partial charge in [-0.1, -0.05) is 18.2 Å². The van der Waals surface area contributed by atoms with Gasteiger partial charge in [0.1, 0.15) is 6.54 Å². The zero-order valence-electron chi connectivity index (χ0n) is 19.0. The number of thioether (sulfide) groups is 1. The Labute approximate surface area is 198 Å². The summed E-state index contributed by atoms with van der Waals surface area (Å²) >= 11 is 1.46. The third-order valence-electron chi connectivity index (χ3n) is 5.79. The first-order valence-electron chi connectivity index (χ1n) is 11.1. The molecule has 174 valence electrons. The molecule has 8 heteroatoms. The highest BCUT2D eigenvalue weighted by Gasteiger charge is 2.19. The lowest BCUT2D eigenvalue weighted by Crippen LogP contribution is -2.37. The number of methoxy groups -OCH3 is 2. The van der Waals surface area contributed by atoms with Crippen LogP contribution in [-0.2, 0) is 16.1 Å². The highest BCUT2D eigenvalue weighted by molar-refractivity contribution is 8.00. The number of aromatic nitrogens is 1. The molecule has 0 radical (unpaired) electrons. The predicted octanol–water partition coefficient (Wildman–Crippen LogP) is 4.40. The quantitative estimate of drug-likeness (QED) is 0.497. The summed E-state index contributed by atoms with van der Waals surface area (Å²) in [6, 6.07) is 13.3. The molecule has 2 aromatic carbocycles. The standard InChI is InChI=1S/C25H29N3O4S/c1-31-21-11-10-18(14-22(21)32-2)26-24(29)17-33-23-15-28(20-9-5-4-8-19(20)23)16-25(30)27-12-6-3-7-13-27/h4-5,8-11,14-15H,3,6-7,12-13,16-17H2,1-2H3,(H,26,29). The van der Waals surface area contributed by atoms with Gasteiger partial charge in [-0.15, -0.1) is 11.8 Å². The lowest BCUT2D eigenvalue weighted by molar-refractivity contribution is -0.132. The molecule has 4 rings (SSSR count). The number of carbonyl (C=O) groups excluding carboxylic acids is 2. The van der Waals surface area contributed by atoms with Crippen LogP contribution < -0.4 is 14.8 Å². The first-order valence-corrected chi connectivity index (χ1v) is 12.1. The Kier molecular flexibility index (Phi) is 7.44. The van der Waals surface area contributed by atoms with Gasteiger partial charge in [0.15, 0.2) is 11.5 Å². The number of rotatable bonds is 8. The number of carbonyl (C=O) groups is 2. The van der Waals surface area contributed by atoms with E-state index >= 15 is 0 Å². The van der Waals surface area contributed by atoms with Crippen molar-refractivity contribution in [1.29, 1.82) is 0 Å². The molecule has 0 saturated carbocycles. The summed E-state index contributed by atoms with van der Waals surface area (Å²) in [6.45, 7) is 2.00. The summed E-state index contributed by atoms with van der Waals surface area (Å²) in [5.74, 6) is 1.45. The van der Waals surface area contributed by atoms with Gasteiger partial charge < -0.3 is 24.3 Å². The fraction of sp³-hybridized carbons (Fsp3) is 0.360. The molecular weight excluding hydrogens is 438 g/mol. The van der Waals surface area contributed by atoms with Crippen LogP contribution in [-0.4, -0.2) is 54.3 Å². The van der Waals surface area contributed by atoms with Gasteiger partial charge in [0.25, 0.3) is 0 Å². The molecule has 1 saturated heterocycles. The van der Waals surface area contributed by atoms with Crippen molar-refractivity contribution in [3.63, 3.8) is 0 Å². The Morgan fingerprint density at radius 2 is 1.76 bits per heavy atom. The molecule has 0 bridgehead atoms. The topological polar surface area (TPSA) is 72.8 Å². The number of nitrogens with one attached hydrogen (secondary N) is 1. The Hall–Kier alpha value is -3.13. The fourth-order valence-electron chi connectivity index (χ4n) is 4.10. The lowest BCUT2D eigenvalue weighted by atomic mass is 10.1. The minimum absolute atomic E-state index is 0.117. The van der Waals surface area contributed by atoms with Gasteiger partial charge in [-0.2, -0.15) is 0 Å². The second-order valence-electron chi connectivity index (χ2n) is 7.99. The molecule has 1 aliphatic rings. The molecule has 3 aromatic rings. The van der Waals surface area contributed by atoms with E-state index in [-0.39, 0.29) is 17.6 Å².